The molecule has 3 aromatic rings. The molecule has 214 valence electrons. The average molecular weight is 606 g/mol. The molecule has 0 atom stereocenters. The van der Waals surface area contributed by atoms with E-state index in [1.165, 1.54) is 16.8 Å². The summed E-state index contributed by atoms with van der Waals surface area (Å²) < 4.78 is 32.7. The summed E-state index contributed by atoms with van der Waals surface area (Å²) >= 11 is 12.8. The number of nitrogens with zero attached hydrogens (tertiary/aromatic N) is 3. The van der Waals surface area contributed by atoms with Gasteiger partial charge in [-0.3, -0.25) is 19.0 Å². The van der Waals surface area contributed by atoms with Crippen molar-refractivity contribution in [2.45, 2.75) is 75.8 Å². The molecule has 0 aliphatic heterocycles. The number of hydrogen-bond donors (Lipinski definition) is 1. The number of benzene rings is 2. The van der Waals surface area contributed by atoms with Crippen molar-refractivity contribution >= 4 is 44.8 Å². The van der Waals surface area contributed by atoms with Gasteiger partial charge in [0.25, 0.3) is 21.5 Å². The fourth-order valence-corrected chi connectivity index (χ4v) is 7.65. The fourth-order valence-electron chi connectivity index (χ4n) is 5.72. The SMILES string of the molecule is CCC1CCC(N(C(=O)c2cc(Cl)c(Cl)c(S(=O)(=O)Nc3c(C)n(C)n(-c4ccccc4)c3=O)c2)C2CC2)CC1. The Balaban J connectivity index is 1.48. The Morgan fingerprint density at radius 2 is 1.62 bits per heavy atom. The molecule has 1 heterocycles. The van der Waals surface area contributed by atoms with Gasteiger partial charge in [-0.15, -0.1) is 0 Å². The summed E-state index contributed by atoms with van der Waals surface area (Å²) in [4.78, 5) is 28.8. The number of sulfonamides is 1. The Labute approximate surface area is 244 Å². The molecule has 2 aliphatic rings. The van der Waals surface area contributed by atoms with Crippen molar-refractivity contribution in [3.05, 3.63) is 74.1 Å². The number of carbonyl (C=O) groups is 1. The molecule has 8 nitrogen and oxygen atoms in total. The summed E-state index contributed by atoms with van der Waals surface area (Å²) in [6, 6.07) is 11.9. The predicted octanol–water partition coefficient (Wildman–Crippen LogP) is 6.17. The normalized spacial score (nSPS) is 19.4. The van der Waals surface area contributed by atoms with Crippen LogP contribution < -0.4 is 10.3 Å². The van der Waals surface area contributed by atoms with Gasteiger partial charge >= 0.3 is 0 Å². The number of amides is 1. The summed E-state index contributed by atoms with van der Waals surface area (Å²) in [5.74, 6) is 0.452. The van der Waals surface area contributed by atoms with Crippen LogP contribution in [-0.2, 0) is 17.1 Å². The highest BCUT2D eigenvalue weighted by Gasteiger charge is 2.39. The molecule has 1 aromatic heterocycles. The smallest absolute Gasteiger partial charge is 0.296 e. The lowest BCUT2D eigenvalue weighted by molar-refractivity contribution is 0.0587. The molecule has 2 fully saturated rings. The minimum Gasteiger partial charge on any atom is -0.333 e. The Hall–Kier alpha value is -2.75. The van der Waals surface area contributed by atoms with E-state index in [9.17, 15) is 18.0 Å². The Morgan fingerprint density at radius 1 is 1.02 bits per heavy atom. The zero-order chi connectivity index (χ0) is 28.8. The van der Waals surface area contributed by atoms with Crippen molar-refractivity contribution in [2.75, 3.05) is 4.72 Å². The highest BCUT2D eigenvalue weighted by molar-refractivity contribution is 7.92. The van der Waals surface area contributed by atoms with E-state index in [4.69, 9.17) is 23.2 Å². The van der Waals surface area contributed by atoms with Crippen LogP contribution in [0.15, 0.2) is 52.2 Å². The minimum absolute atomic E-state index is 0.0372. The standard InChI is InChI=1S/C29H34Cl2N4O4S/c1-4-19-10-12-21(13-11-19)34(22-14-15-22)28(36)20-16-24(30)26(31)25(17-20)40(38,39)32-27-18(2)33(3)35(29(27)37)23-8-6-5-7-9-23/h5-9,16-17,19,21-22,32H,4,10-15H2,1-3H3. The molecule has 0 bridgehead atoms. The highest BCUT2D eigenvalue weighted by atomic mass is 35.5. The summed E-state index contributed by atoms with van der Waals surface area (Å²) in [5.41, 5.74) is 0.528. The molecule has 1 amide bonds. The van der Waals surface area contributed by atoms with Gasteiger partial charge in [0.15, 0.2) is 0 Å². The number of para-hydroxylation sites is 1. The van der Waals surface area contributed by atoms with E-state index in [-0.39, 0.29) is 44.2 Å². The molecule has 11 heteroatoms. The zero-order valence-corrected chi connectivity index (χ0v) is 25.2. The predicted molar refractivity (Wildman–Crippen MR) is 158 cm³/mol. The number of hydrogen-bond acceptors (Lipinski definition) is 4. The monoisotopic (exact) mass is 604 g/mol. The lowest BCUT2D eigenvalue weighted by atomic mass is 9.83. The molecule has 1 N–H and O–H groups in total. The largest absolute Gasteiger partial charge is 0.333 e. The van der Waals surface area contributed by atoms with Crippen LogP contribution in [0.2, 0.25) is 10.0 Å². The van der Waals surface area contributed by atoms with E-state index in [1.54, 1.807) is 42.9 Å². The molecule has 5 rings (SSSR count). The minimum atomic E-state index is -4.38. The third-order valence-electron chi connectivity index (χ3n) is 8.28. The fraction of sp³-hybridized carbons (Fsp3) is 0.448. The maximum Gasteiger partial charge on any atom is 0.296 e. The van der Waals surface area contributed by atoms with Gasteiger partial charge in [0.2, 0.25) is 0 Å². The molecule has 0 saturated heterocycles. The van der Waals surface area contributed by atoms with Gasteiger partial charge in [-0.1, -0.05) is 54.7 Å². The average Bonchev–Trinajstić information content (AvgIpc) is 3.75. The first-order valence-electron chi connectivity index (χ1n) is 13.7. The van der Waals surface area contributed by atoms with E-state index in [0.29, 0.717) is 17.3 Å². The second-order valence-electron chi connectivity index (χ2n) is 10.8. The molecule has 0 unspecified atom stereocenters. The first-order chi connectivity index (χ1) is 19.0. The topological polar surface area (TPSA) is 93.4 Å². The zero-order valence-electron chi connectivity index (χ0n) is 22.9. The van der Waals surface area contributed by atoms with E-state index < -0.39 is 15.6 Å². The van der Waals surface area contributed by atoms with Crippen molar-refractivity contribution in [2.24, 2.45) is 13.0 Å². The van der Waals surface area contributed by atoms with Gasteiger partial charge in [0.1, 0.15) is 10.6 Å². The van der Waals surface area contributed by atoms with E-state index >= 15 is 0 Å². The lowest BCUT2D eigenvalue weighted by Crippen LogP contribution is -2.44. The maximum atomic E-state index is 13.8. The second-order valence-corrected chi connectivity index (χ2v) is 13.3. The maximum absolute atomic E-state index is 13.8. The first-order valence-corrected chi connectivity index (χ1v) is 16.0. The summed E-state index contributed by atoms with van der Waals surface area (Å²) in [6.45, 7) is 3.85. The van der Waals surface area contributed by atoms with Crippen molar-refractivity contribution in [3.63, 3.8) is 0 Å². The van der Waals surface area contributed by atoms with Crippen molar-refractivity contribution in [3.8, 4) is 5.69 Å². The van der Waals surface area contributed by atoms with E-state index in [2.05, 4.69) is 11.6 Å². The van der Waals surface area contributed by atoms with Gasteiger partial charge in [-0.25, -0.2) is 13.1 Å². The van der Waals surface area contributed by atoms with Crippen LogP contribution in [0.3, 0.4) is 0 Å². The summed E-state index contributed by atoms with van der Waals surface area (Å²) in [7, 11) is -2.71. The van der Waals surface area contributed by atoms with Gasteiger partial charge < -0.3 is 4.90 Å². The molecule has 40 heavy (non-hydrogen) atoms. The first kappa shape index (κ1) is 28.8. The number of anilines is 1. The van der Waals surface area contributed by atoms with Crippen molar-refractivity contribution < 1.29 is 13.2 Å². The molecule has 0 radical (unpaired) electrons. The lowest BCUT2D eigenvalue weighted by Gasteiger charge is -2.37. The van der Waals surface area contributed by atoms with Gasteiger partial charge in [-0.05, 0) is 75.6 Å². The summed E-state index contributed by atoms with van der Waals surface area (Å²) in [6.07, 6.45) is 7.07. The van der Waals surface area contributed by atoms with Crippen LogP contribution in [0.5, 0.6) is 0 Å². The molecular formula is C29H34Cl2N4O4S. The number of aromatic nitrogens is 2. The summed E-state index contributed by atoms with van der Waals surface area (Å²) in [5, 5.41) is -0.242. The number of halogens is 2. The highest BCUT2D eigenvalue weighted by Crippen LogP contribution is 2.39. The Bertz CT molecular complexity index is 1590. The molecule has 2 aromatic carbocycles. The number of rotatable bonds is 8. The van der Waals surface area contributed by atoms with Crippen molar-refractivity contribution in [1.82, 2.24) is 14.3 Å². The molecule has 2 aliphatic carbocycles. The van der Waals surface area contributed by atoms with Crippen LogP contribution >= 0.6 is 23.2 Å². The van der Waals surface area contributed by atoms with Gasteiger partial charge in [0.05, 0.1) is 21.4 Å². The van der Waals surface area contributed by atoms with E-state index in [1.807, 2.05) is 11.0 Å². The molecule has 0 spiro atoms. The second kappa shape index (κ2) is 11.3. The van der Waals surface area contributed by atoms with Crippen LogP contribution in [0.1, 0.15) is 67.9 Å². The van der Waals surface area contributed by atoms with Crippen LogP contribution in [-0.4, -0.2) is 40.7 Å². The van der Waals surface area contributed by atoms with Crippen LogP contribution in [0.4, 0.5) is 5.69 Å². The molecular weight excluding hydrogens is 571 g/mol. The van der Waals surface area contributed by atoms with E-state index in [0.717, 1.165) is 44.9 Å². The molecule has 2 saturated carbocycles. The number of carbonyl (C=O) groups excluding carboxylic acids is 1. The van der Waals surface area contributed by atoms with Crippen LogP contribution in [0.25, 0.3) is 5.69 Å². The van der Waals surface area contributed by atoms with Crippen molar-refractivity contribution in [1.29, 1.82) is 0 Å². The van der Waals surface area contributed by atoms with Crippen LogP contribution in [0, 0.1) is 12.8 Å². The Kier molecular flexibility index (Phi) is 8.10. The quantitative estimate of drug-likeness (QED) is 0.333. The third kappa shape index (κ3) is 5.43. The third-order valence-corrected chi connectivity index (χ3v) is 10.6. The number of nitrogens with one attached hydrogen (secondary N) is 1. The van der Waals surface area contributed by atoms with Gasteiger partial charge in [0, 0.05) is 24.7 Å². The van der Waals surface area contributed by atoms with Gasteiger partial charge in [-0.2, -0.15) is 0 Å². The Morgan fingerprint density at radius 3 is 2.20 bits per heavy atom.